The summed E-state index contributed by atoms with van der Waals surface area (Å²) in [4.78, 5) is 16.6. The number of benzene rings is 2. The molecule has 4 nitrogen and oxygen atoms in total. The van der Waals surface area contributed by atoms with Crippen LogP contribution >= 0.6 is 11.3 Å². The summed E-state index contributed by atoms with van der Waals surface area (Å²) >= 11 is 1.62. The number of rotatable bonds is 4. The average molecular weight is 358 g/mol. The van der Waals surface area contributed by atoms with Gasteiger partial charge in [-0.15, -0.1) is 11.3 Å². The first-order valence-electron chi connectivity index (χ1n) is 8.07. The fourth-order valence-corrected chi connectivity index (χ4v) is 3.49. The fourth-order valence-electron chi connectivity index (χ4n) is 2.81. The molecule has 0 radical (unpaired) electrons. The highest BCUT2D eigenvalue weighted by atomic mass is 32.1. The Morgan fingerprint density at radius 3 is 2.27 bits per heavy atom. The molecule has 0 saturated carbocycles. The highest BCUT2D eigenvalue weighted by molar-refractivity contribution is 7.13. The van der Waals surface area contributed by atoms with Crippen LogP contribution in [0.3, 0.4) is 0 Å². The lowest BCUT2D eigenvalue weighted by Gasteiger charge is -2.09. The summed E-state index contributed by atoms with van der Waals surface area (Å²) in [6.45, 7) is 0. The molecule has 0 unspecified atom stereocenters. The van der Waals surface area contributed by atoms with Gasteiger partial charge < -0.3 is 0 Å². The first-order chi connectivity index (χ1) is 12.7. The van der Waals surface area contributed by atoms with Crippen LogP contribution in [0.2, 0.25) is 0 Å². The molecule has 0 aliphatic rings. The van der Waals surface area contributed by atoms with E-state index in [0.29, 0.717) is 0 Å². The van der Waals surface area contributed by atoms with Crippen LogP contribution in [0.15, 0.2) is 84.2 Å². The van der Waals surface area contributed by atoms with Crippen LogP contribution in [-0.4, -0.2) is 9.91 Å². The lowest BCUT2D eigenvalue weighted by atomic mass is 10.0. The van der Waals surface area contributed by atoms with E-state index >= 15 is 0 Å². The normalized spacial score (nSPS) is 10.6. The molecule has 0 fully saturated rings. The molecule has 26 heavy (non-hydrogen) atoms. The first kappa shape index (κ1) is 16.2. The van der Waals surface area contributed by atoms with Crippen molar-refractivity contribution in [2.45, 2.75) is 0 Å². The number of hydrogen-bond acceptors (Lipinski definition) is 4. The lowest BCUT2D eigenvalue weighted by molar-refractivity contribution is -0.384. The Kier molecular flexibility index (Phi) is 4.29. The number of nitrogens with zero attached hydrogens (tertiary/aromatic N) is 2. The van der Waals surface area contributed by atoms with Crippen molar-refractivity contribution < 1.29 is 4.92 Å². The molecule has 0 aliphatic carbocycles. The van der Waals surface area contributed by atoms with Gasteiger partial charge in [0.05, 0.1) is 21.2 Å². The third kappa shape index (κ3) is 3.25. The van der Waals surface area contributed by atoms with Crippen molar-refractivity contribution >= 4 is 17.0 Å². The maximum absolute atomic E-state index is 11.1. The summed E-state index contributed by atoms with van der Waals surface area (Å²) < 4.78 is 0. The molecular formula is C21H14N2O2S. The zero-order chi connectivity index (χ0) is 17.9. The molecule has 4 rings (SSSR count). The van der Waals surface area contributed by atoms with E-state index in [-0.39, 0.29) is 10.6 Å². The van der Waals surface area contributed by atoms with Crippen molar-refractivity contribution in [3.05, 3.63) is 94.4 Å². The van der Waals surface area contributed by atoms with Crippen molar-refractivity contribution in [3.63, 3.8) is 0 Å². The molecule has 0 spiro atoms. The molecule has 0 saturated heterocycles. The van der Waals surface area contributed by atoms with Gasteiger partial charge in [0.25, 0.3) is 5.69 Å². The minimum absolute atomic E-state index is 0.0621. The molecule has 2 aromatic heterocycles. The molecule has 4 aromatic rings. The van der Waals surface area contributed by atoms with Gasteiger partial charge in [-0.1, -0.05) is 48.5 Å². The summed E-state index contributed by atoms with van der Waals surface area (Å²) in [5.74, 6) is 0. The molecule has 0 amide bonds. The summed E-state index contributed by atoms with van der Waals surface area (Å²) in [5.41, 5.74) is 4.49. The van der Waals surface area contributed by atoms with Crippen molar-refractivity contribution in [1.82, 2.24) is 4.98 Å². The third-order valence-electron chi connectivity index (χ3n) is 4.06. The lowest BCUT2D eigenvalue weighted by Crippen LogP contribution is -1.92. The van der Waals surface area contributed by atoms with Gasteiger partial charge in [-0.05, 0) is 34.7 Å². The molecule has 0 atom stereocenters. The van der Waals surface area contributed by atoms with Crippen LogP contribution in [0.5, 0.6) is 0 Å². The second-order valence-corrected chi connectivity index (χ2v) is 6.72. The van der Waals surface area contributed by atoms with Crippen LogP contribution in [0.25, 0.3) is 33.0 Å². The van der Waals surface area contributed by atoms with E-state index in [4.69, 9.17) is 4.98 Å². The van der Waals surface area contributed by atoms with Crippen LogP contribution < -0.4 is 0 Å². The van der Waals surface area contributed by atoms with Gasteiger partial charge in [0.2, 0.25) is 0 Å². The minimum Gasteiger partial charge on any atom is -0.258 e. The highest BCUT2D eigenvalue weighted by Crippen LogP contribution is 2.32. The summed E-state index contributed by atoms with van der Waals surface area (Å²) in [5, 5.41) is 13.1. The van der Waals surface area contributed by atoms with E-state index in [2.05, 4.69) is 6.07 Å². The predicted octanol–water partition coefficient (Wildman–Crippen LogP) is 6.05. The Morgan fingerprint density at radius 1 is 0.769 bits per heavy atom. The van der Waals surface area contributed by atoms with Gasteiger partial charge in [-0.25, -0.2) is 4.98 Å². The number of aromatic nitrogens is 1. The smallest absolute Gasteiger partial charge is 0.258 e. The second-order valence-electron chi connectivity index (χ2n) is 5.78. The molecule has 0 N–H and O–H groups in total. The maximum Gasteiger partial charge on any atom is 0.270 e. The van der Waals surface area contributed by atoms with E-state index in [1.165, 1.54) is 6.07 Å². The Hall–Kier alpha value is -3.31. The number of hydrogen-bond donors (Lipinski definition) is 0. The van der Waals surface area contributed by atoms with Gasteiger partial charge in [0.15, 0.2) is 0 Å². The Labute approximate surface area is 154 Å². The van der Waals surface area contributed by atoms with Crippen LogP contribution in [0.4, 0.5) is 5.69 Å². The standard InChI is InChI=1S/C21H14N2O2S/c24-23(25)18-9-4-8-16(12-18)19-13-17(15-6-2-1-3-7-15)14-20(22-19)21-10-5-11-26-21/h1-14H. The average Bonchev–Trinajstić information content (AvgIpc) is 3.23. The molecular weight excluding hydrogens is 344 g/mol. The van der Waals surface area contributed by atoms with E-state index in [1.54, 1.807) is 23.5 Å². The van der Waals surface area contributed by atoms with Crippen molar-refractivity contribution in [2.24, 2.45) is 0 Å². The molecule has 5 heteroatoms. The molecule has 2 aromatic carbocycles. The number of non-ortho nitro benzene ring substituents is 1. The van der Waals surface area contributed by atoms with Gasteiger partial charge >= 0.3 is 0 Å². The number of nitro benzene ring substituents is 1. The first-order valence-corrected chi connectivity index (χ1v) is 8.95. The van der Waals surface area contributed by atoms with Crippen LogP contribution in [0.1, 0.15) is 0 Å². The molecule has 126 valence electrons. The van der Waals surface area contributed by atoms with Gasteiger partial charge in [-0.3, -0.25) is 10.1 Å². The molecule has 2 heterocycles. The summed E-state index contributed by atoms with van der Waals surface area (Å²) in [6, 6.07) is 24.7. The molecule has 0 bridgehead atoms. The molecule has 0 aliphatic heterocycles. The van der Waals surface area contributed by atoms with Gasteiger partial charge in [0, 0.05) is 17.7 Å². The van der Waals surface area contributed by atoms with Crippen LogP contribution in [0, 0.1) is 10.1 Å². The van der Waals surface area contributed by atoms with Gasteiger partial charge in [0.1, 0.15) is 0 Å². The monoisotopic (exact) mass is 358 g/mol. The van der Waals surface area contributed by atoms with E-state index in [9.17, 15) is 10.1 Å². The Balaban J connectivity index is 1.90. The van der Waals surface area contributed by atoms with E-state index in [1.807, 2.05) is 60.0 Å². The van der Waals surface area contributed by atoms with E-state index < -0.39 is 0 Å². The summed E-state index contributed by atoms with van der Waals surface area (Å²) in [7, 11) is 0. The highest BCUT2D eigenvalue weighted by Gasteiger charge is 2.12. The van der Waals surface area contributed by atoms with Gasteiger partial charge in [-0.2, -0.15) is 0 Å². The zero-order valence-corrected chi connectivity index (χ0v) is 14.5. The van der Waals surface area contributed by atoms with Crippen molar-refractivity contribution in [2.75, 3.05) is 0 Å². The van der Waals surface area contributed by atoms with Crippen molar-refractivity contribution in [3.8, 4) is 33.0 Å². The number of thiophene rings is 1. The zero-order valence-electron chi connectivity index (χ0n) is 13.7. The predicted molar refractivity (Wildman–Crippen MR) is 105 cm³/mol. The number of nitro groups is 1. The van der Waals surface area contributed by atoms with Crippen LogP contribution in [-0.2, 0) is 0 Å². The Morgan fingerprint density at radius 2 is 1.54 bits per heavy atom. The fraction of sp³-hybridized carbons (Fsp3) is 0. The SMILES string of the molecule is O=[N+]([O-])c1cccc(-c2cc(-c3ccccc3)cc(-c3cccs3)n2)c1. The quantitative estimate of drug-likeness (QED) is 0.329. The van der Waals surface area contributed by atoms with Crippen molar-refractivity contribution in [1.29, 1.82) is 0 Å². The topological polar surface area (TPSA) is 56.0 Å². The minimum atomic E-state index is -0.384. The number of pyridine rings is 1. The summed E-state index contributed by atoms with van der Waals surface area (Å²) in [6.07, 6.45) is 0. The largest absolute Gasteiger partial charge is 0.270 e. The second kappa shape index (κ2) is 6.90. The maximum atomic E-state index is 11.1. The van der Waals surface area contributed by atoms with E-state index in [0.717, 1.165) is 33.0 Å². The Bertz CT molecular complexity index is 1060. The third-order valence-corrected chi connectivity index (χ3v) is 4.95.